The minimum Gasteiger partial charge on any atom is -0.481 e. The highest BCUT2D eigenvalue weighted by molar-refractivity contribution is 6.30. The predicted molar refractivity (Wildman–Crippen MR) is 62.6 cm³/mol. The summed E-state index contributed by atoms with van der Waals surface area (Å²) in [5, 5.41) is 19.2. The zero-order valence-corrected chi connectivity index (χ0v) is 10.1. The molecule has 1 amide bonds. The first-order valence-corrected chi connectivity index (χ1v) is 5.39. The molecule has 1 rings (SSSR count). The lowest BCUT2D eigenvalue weighted by molar-refractivity contribution is -0.145. The number of carbonyl (C=O) groups is 3. The molecular formula is C11H9ClFNO5. The third-order valence-corrected chi connectivity index (χ3v) is 2.39. The Bertz CT molecular complexity index is 534. The van der Waals surface area contributed by atoms with Gasteiger partial charge in [0.25, 0.3) is 5.91 Å². The Balaban J connectivity index is 2.87. The van der Waals surface area contributed by atoms with Crippen LogP contribution in [0.5, 0.6) is 0 Å². The third kappa shape index (κ3) is 4.22. The number of rotatable bonds is 5. The van der Waals surface area contributed by atoms with Crippen molar-refractivity contribution in [3.8, 4) is 0 Å². The Morgan fingerprint density at radius 2 is 1.95 bits per heavy atom. The minimum absolute atomic E-state index is 0.0781. The fourth-order valence-corrected chi connectivity index (χ4v) is 1.44. The molecular weight excluding hydrogens is 281 g/mol. The van der Waals surface area contributed by atoms with Crippen LogP contribution in [0.2, 0.25) is 5.02 Å². The maximum Gasteiger partial charge on any atom is 0.326 e. The van der Waals surface area contributed by atoms with E-state index < -0.39 is 41.7 Å². The molecule has 0 unspecified atom stereocenters. The normalized spacial score (nSPS) is 11.7. The maximum atomic E-state index is 13.4. The lowest BCUT2D eigenvalue weighted by Gasteiger charge is -2.12. The Labute approximate surface area is 111 Å². The number of carbonyl (C=O) groups excluding carboxylic acids is 1. The van der Waals surface area contributed by atoms with Gasteiger partial charge in [-0.3, -0.25) is 9.59 Å². The van der Waals surface area contributed by atoms with Gasteiger partial charge in [0.1, 0.15) is 11.9 Å². The van der Waals surface area contributed by atoms with Crippen LogP contribution in [0, 0.1) is 5.82 Å². The SMILES string of the molecule is O=C(O)C[C@H](NC(=O)c1ccc(Cl)cc1F)C(=O)O. The van der Waals surface area contributed by atoms with Gasteiger partial charge in [-0.1, -0.05) is 11.6 Å². The smallest absolute Gasteiger partial charge is 0.326 e. The second kappa shape index (κ2) is 6.14. The van der Waals surface area contributed by atoms with E-state index in [0.717, 1.165) is 12.1 Å². The van der Waals surface area contributed by atoms with E-state index in [1.165, 1.54) is 6.07 Å². The topological polar surface area (TPSA) is 104 Å². The van der Waals surface area contributed by atoms with Gasteiger partial charge in [0.2, 0.25) is 0 Å². The zero-order chi connectivity index (χ0) is 14.6. The van der Waals surface area contributed by atoms with Crippen molar-refractivity contribution in [1.29, 1.82) is 0 Å². The van der Waals surface area contributed by atoms with Crippen molar-refractivity contribution >= 4 is 29.4 Å². The van der Waals surface area contributed by atoms with Gasteiger partial charge in [-0.05, 0) is 18.2 Å². The van der Waals surface area contributed by atoms with E-state index in [1.807, 2.05) is 5.32 Å². The molecule has 0 radical (unpaired) electrons. The van der Waals surface area contributed by atoms with Crippen LogP contribution in [-0.4, -0.2) is 34.1 Å². The quantitative estimate of drug-likeness (QED) is 0.754. The highest BCUT2D eigenvalue weighted by Gasteiger charge is 2.24. The van der Waals surface area contributed by atoms with Crippen LogP contribution in [0.25, 0.3) is 0 Å². The molecule has 3 N–H and O–H groups in total. The molecule has 6 nitrogen and oxygen atoms in total. The standard InChI is InChI=1S/C11H9ClFNO5/c12-5-1-2-6(7(13)3-5)10(17)14-8(11(18)19)4-9(15)16/h1-3,8H,4H2,(H,14,17)(H,15,16)(H,18,19)/t8-/m0/s1. The summed E-state index contributed by atoms with van der Waals surface area (Å²) in [5.74, 6) is -4.87. The summed E-state index contributed by atoms with van der Waals surface area (Å²) >= 11 is 5.50. The summed E-state index contributed by atoms with van der Waals surface area (Å²) < 4.78 is 13.4. The van der Waals surface area contributed by atoms with Crippen molar-refractivity contribution in [2.45, 2.75) is 12.5 Å². The molecule has 1 atom stereocenters. The van der Waals surface area contributed by atoms with Crippen molar-refractivity contribution < 1.29 is 29.0 Å². The van der Waals surface area contributed by atoms with Crippen LogP contribution in [0.15, 0.2) is 18.2 Å². The average molecular weight is 290 g/mol. The van der Waals surface area contributed by atoms with Crippen molar-refractivity contribution in [2.24, 2.45) is 0 Å². The average Bonchev–Trinajstić information content (AvgIpc) is 2.26. The molecule has 8 heteroatoms. The van der Waals surface area contributed by atoms with Crippen LogP contribution in [0.4, 0.5) is 4.39 Å². The number of nitrogens with one attached hydrogen (secondary N) is 1. The van der Waals surface area contributed by atoms with Crippen LogP contribution < -0.4 is 5.32 Å². The van der Waals surface area contributed by atoms with Crippen molar-refractivity contribution in [1.82, 2.24) is 5.32 Å². The fourth-order valence-electron chi connectivity index (χ4n) is 1.28. The molecule has 0 heterocycles. The molecule has 0 aliphatic rings. The van der Waals surface area contributed by atoms with Gasteiger partial charge in [-0.15, -0.1) is 0 Å². The van der Waals surface area contributed by atoms with Gasteiger partial charge in [0.05, 0.1) is 12.0 Å². The summed E-state index contributed by atoms with van der Waals surface area (Å²) in [6.45, 7) is 0. The molecule has 0 spiro atoms. The monoisotopic (exact) mass is 289 g/mol. The molecule has 102 valence electrons. The highest BCUT2D eigenvalue weighted by atomic mass is 35.5. The molecule has 0 fully saturated rings. The van der Waals surface area contributed by atoms with E-state index in [1.54, 1.807) is 0 Å². The van der Waals surface area contributed by atoms with E-state index in [4.69, 9.17) is 21.8 Å². The van der Waals surface area contributed by atoms with Gasteiger partial charge in [0, 0.05) is 5.02 Å². The van der Waals surface area contributed by atoms with Crippen LogP contribution in [-0.2, 0) is 9.59 Å². The molecule has 1 aromatic rings. The maximum absolute atomic E-state index is 13.4. The molecule has 0 saturated carbocycles. The predicted octanol–water partition coefficient (Wildman–Crippen LogP) is 1.14. The second-order valence-corrected chi connectivity index (χ2v) is 4.02. The lowest BCUT2D eigenvalue weighted by atomic mass is 10.1. The molecule has 0 aliphatic carbocycles. The third-order valence-electron chi connectivity index (χ3n) is 2.16. The van der Waals surface area contributed by atoms with Crippen LogP contribution in [0.3, 0.4) is 0 Å². The molecule has 19 heavy (non-hydrogen) atoms. The van der Waals surface area contributed by atoms with E-state index in [0.29, 0.717) is 0 Å². The summed E-state index contributed by atoms with van der Waals surface area (Å²) in [4.78, 5) is 32.8. The number of carboxylic acids is 2. The van der Waals surface area contributed by atoms with Crippen LogP contribution >= 0.6 is 11.6 Å². The number of carboxylic acid groups (broad SMARTS) is 2. The molecule has 0 aromatic heterocycles. The van der Waals surface area contributed by atoms with E-state index in [2.05, 4.69) is 0 Å². The van der Waals surface area contributed by atoms with E-state index >= 15 is 0 Å². The Kier molecular flexibility index (Phi) is 4.82. The first kappa shape index (κ1) is 14.9. The van der Waals surface area contributed by atoms with E-state index in [9.17, 15) is 18.8 Å². The minimum atomic E-state index is -1.64. The fraction of sp³-hybridized carbons (Fsp3) is 0.182. The number of benzene rings is 1. The van der Waals surface area contributed by atoms with Gasteiger partial charge < -0.3 is 15.5 Å². The van der Waals surface area contributed by atoms with E-state index in [-0.39, 0.29) is 5.02 Å². The first-order valence-electron chi connectivity index (χ1n) is 5.01. The highest BCUT2D eigenvalue weighted by Crippen LogP contribution is 2.14. The number of hydrogen-bond donors (Lipinski definition) is 3. The van der Waals surface area contributed by atoms with Gasteiger partial charge in [0.15, 0.2) is 0 Å². The number of hydrogen-bond acceptors (Lipinski definition) is 3. The summed E-state index contributed by atoms with van der Waals surface area (Å²) in [5.41, 5.74) is -0.416. The Morgan fingerprint density at radius 3 is 2.42 bits per heavy atom. The Morgan fingerprint density at radius 1 is 1.32 bits per heavy atom. The van der Waals surface area contributed by atoms with Crippen molar-refractivity contribution in [3.05, 3.63) is 34.6 Å². The number of aliphatic carboxylic acids is 2. The van der Waals surface area contributed by atoms with Gasteiger partial charge in [-0.2, -0.15) is 0 Å². The zero-order valence-electron chi connectivity index (χ0n) is 9.39. The van der Waals surface area contributed by atoms with Gasteiger partial charge >= 0.3 is 11.9 Å². The van der Waals surface area contributed by atoms with Crippen LogP contribution in [0.1, 0.15) is 16.8 Å². The molecule has 0 aliphatic heterocycles. The number of halogens is 2. The van der Waals surface area contributed by atoms with Gasteiger partial charge in [-0.25, -0.2) is 9.18 Å². The van der Waals surface area contributed by atoms with Crippen molar-refractivity contribution in [3.63, 3.8) is 0 Å². The molecule has 0 saturated heterocycles. The largest absolute Gasteiger partial charge is 0.481 e. The Hall–Kier alpha value is -2.15. The number of amides is 1. The van der Waals surface area contributed by atoms with Crippen molar-refractivity contribution in [2.75, 3.05) is 0 Å². The molecule has 0 bridgehead atoms. The first-order chi connectivity index (χ1) is 8.81. The lowest BCUT2D eigenvalue weighted by Crippen LogP contribution is -2.42. The summed E-state index contributed by atoms with van der Waals surface area (Å²) in [7, 11) is 0. The molecule has 1 aromatic carbocycles. The second-order valence-electron chi connectivity index (χ2n) is 3.59. The summed E-state index contributed by atoms with van der Waals surface area (Å²) in [6, 6.07) is 1.59. The summed E-state index contributed by atoms with van der Waals surface area (Å²) in [6.07, 6.45) is -0.809.